The smallest absolute Gasteiger partial charge is 0.338 e. The number of carbonyl (C=O) groups excluding carboxylic acids is 1. The molecule has 2 aromatic heterocycles. The Morgan fingerprint density at radius 2 is 2.00 bits per heavy atom. The third kappa shape index (κ3) is 5.06. The van der Waals surface area contributed by atoms with Gasteiger partial charge in [-0.25, -0.2) is 9.79 Å². The summed E-state index contributed by atoms with van der Waals surface area (Å²) in [6.45, 7) is 3.48. The number of hydrogen-bond acceptors (Lipinski definition) is 8. The number of esters is 1. The maximum Gasteiger partial charge on any atom is 0.338 e. The van der Waals surface area contributed by atoms with E-state index in [0.717, 1.165) is 11.3 Å². The maximum atomic E-state index is 13.7. The Labute approximate surface area is 235 Å². The monoisotopic (exact) mass is 583 g/mol. The molecule has 0 bridgehead atoms. The molecule has 0 fully saturated rings. The first-order valence-corrected chi connectivity index (χ1v) is 13.2. The molecule has 0 radical (unpaired) electrons. The van der Waals surface area contributed by atoms with Gasteiger partial charge in [0.2, 0.25) is 0 Å². The van der Waals surface area contributed by atoms with Crippen molar-refractivity contribution in [3.05, 3.63) is 117 Å². The highest BCUT2D eigenvalue weighted by molar-refractivity contribution is 7.07. The number of nitro benzene ring substituents is 1. The first-order valence-electron chi connectivity index (χ1n) is 11.7. The summed E-state index contributed by atoms with van der Waals surface area (Å²) in [5.41, 5.74) is 1.16. The Balaban J connectivity index is 1.68. The van der Waals surface area contributed by atoms with Crippen LogP contribution in [0.1, 0.15) is 31.2 Å². The van der Waals surface area contributed by atoms with Gasteiger partial charge in [0.05, 0.1) is 37.4 Å². The summed E-state index contributed by atoms with van der Waals surface area (Å²) in [4.78, 5) is 42.3. The van der Waals surface area contributed by atoms with Crippen LogP contribution in [0.25, 0.3) is 17.4 Å². The highest BCUT2D eigenvalue weighted by Crippen LogP contribution is 2.35. The van der Waals surface area contributed by atoms with E-state index in [1.54, 1.807) is 62.4 Å². The van der Waals surface area contributed by atoms with Crippen LogP contribution >= 0.6 is 34.5 Å². The molecule has 0 N–H and O–H groups in total. The largest absolute Gasteiger partial charge is 0.463 e. The molecule has 0 spiro atoms. The minimum Gasteiger partial charge on any atom is -0.463 e. The van der Waals surface area contributed by atoms with Gasteiger partial charge in [0, 0.05) is 17.7 Å². The second-order valence-electron chi connectivity index (χ2n) is 8.49. The number of furan rings is 1. The first-order chi connectivity index (χ1) is 18.7. The topological polar surface area (TPSA) is 117 Å². The number of thiazole rings is 1. The molecule has 2 aromatic carbocycles. The molecule has 4 aromatic rings. The standard InChI is InChI=1S/C27H19Cl2N3O6S/c1-3-37-26(34)23-14(2)30-27-31(25(33)22(39-27)12-15-5-4-6-17(11-15)32(35)36)24(23)21-10-9-20(38-21)16-7-8-18(28)19(29)13-16/h4-13,24H,3H2,1-2H3/b22-12-/t24-/m1/s1. The number of nitrogens with zero attached hydrogens (tertiary/aromatic N) is 3. The summed E-state index contributed by atoms with van der Waals surface area (Å²) in [5.74, 6) is 0.153. The lowest BCUT2D eigenvalue weighted by atomic mass is 10.0. The summed E-state index contributed by atoms with van der Waals surface area (Å²) in [6.07, 6.45) is 1.56. The van der Waals surface area contributed by atoms with Crippen molar-refractivity contribution < 1.29 is 18.9 Å². The fourth-order valence-electron chi connectivity index (χ4n) is 4.24. The number of benzene rings is 2. The van der Waals surface area contributed by atoms with Crippen molar-refractivity contribution >= 4 is 52.3 Å². The van der Waals surface area contributed by atoms with Crippen molar-refractivity contribution in [2.75, 3.05) is 6.61 Å². The third-order valence-electron chi connectivity index (χ3n) is 6.00. The van der Waals surface area contributed by atoms with Crippen molar-refractivity contribution in [2.24, 2.45) is 4.99 Å². The number of rotatable bonds is 6. The molecular weight excluding hydrogens is 565 g/mol. The van der Waals surface area contributed by atoms with E-state index in [4.69, 9.17) is 32.4 Å². The lowest BCUT2D eigenvalue weighted by molar-refractivity contribution is -0.384. The van der Waals surface area contributed by atoms with Crippen LogP contribution in [0, 0.1) is 10.1 Å². The van der Waals surface area contributed by atoms with Gasteiger partial charge in [0.1, 0.15) is 17.6 Å². The molecule has 1 atom stereocenters. The van der Waals surface area contributed by atoms with E-state index in [9.17, 15) is 19.7 Å². The number of fused-ring (bicyclic) bond motifs is 1. The van der Waals surface area contributed by atoms with Crippen LogP contribution in [0.3, 0.4) is 0 Å². The second kappa shape index (κ2) is 10.6. The van der Waals surface area contributed by atoms with E-state index < -0.39 is 22.5 Å². The molecule has 3 heterocycles. The molecule has 0 aliphatic carbocycles. The van der Waals surface area contributed by atoms with Gasteiger partial charge in [-0.1, -0.05) is 46.7 Å². The lowest BCUT2D eigenvalue weighted by Crippen LogP contribution is -2.39. The Hall–Kier alpha value is -3.99. The maximum absolute atomic E-state index is 13.7. The predicted octanol–water partition coefficient (Wildman–Crippen LogP) is 5.27. The molecule has 0 saturated carbocycles. The van der Waals surface area contributed by atoms with Gasteiger partial charge < -0.3 is 9.15 Å². The fourth-order valence-corrected chi connectivity index (χ4v) is 5.59. The molecule has 0 amide bonds. The van der Waals surface area contributed by atoms with E-state index in [2.05, 4.69) is 4.99 Å². The first kappa shape index (κ1) is 26.6. The van der Waals surface area contributed by atoms with Gasteiger partial charge in [0.25, 0.3) is 11.2 Å². The summed E-state index contributed by atoms with van der Waals surface area (Å²) >= 11 is 13.3. The van der Waals surface area contributed by atoms with Crippen molar-refractivity contribution in [3.63, 3.8) is 0 Å². The SMILES string of the molecule is CCOC(=O)C1=C(C)N=c2s/c(=C\c3cccc([N+](=O)[O-])c3)c(=O)n2[C@@H]1c1ccc(-c2ccc(Cl)c(Cl)c2)o1. The van der Waals surface area contributed by atoms with Crippen molar-refractivity contribution in [1.82, 2.24) is 4.57 Å². The van der Waals surface area contributed by atoms with Crippen molar-refractivity contribution in [1.29, 1.82) is 0 Å². The Kier molecular flexibility index (Phi) is 7.26. The number of carbonyl (C=O) groups is 1. The number of aromatic nitrogens is 1. The Bertz CT molecular complexity index is 1850. The minimum atomic E-state index is -0.955. The number of halogens is 2. The highest BCUT2D eigenvalue weighted by Gasteiger charge is 2.35. The van der Waals surface area contributed by atoms with Crippen LogP contribution in [0.2, 0.25) is 10.0 Å². The summed E-state index contributed by atoms with van der Waals surface area (Å²) in [6, 6.07) is 13.4. The van der Waals surface area contributed by atoms with Crippen LogP contribution in [0.4, 0.5) is 5.69 Å². The minimum absolute atomic E-state index is 0.0970. The van der Waals surface area contributed by atoms with Gasteiger partial charge in [-0.3, -0.25) is 19.5 Å². The number of ether oxygens (including phenoxy) is 1. The normalized spacial score (nSPS) is 15.2. The number of nitro groups is 1. The molecule has 1 aliphatic rings. The Morgan fingerprint density at radius 1 is 1.21 bits per heavy atom. The average molecular weight is 584 g/mol. The zero-order chi connectivity index (χ0) is 27.8. The van der Waals surface area contributed by atoms with Gasteiger partial charge in [0.15, 0.2) is 4.80 Å². The van der Waals surface area contributed by atoms with Gasteiger partial charge >= 0.3 is 5.97 Å². The van der Waals surface area contributed by atoms with Crippen LogP contribution in [-0.2, 0) is 9.53 Å². The fraction of sp³-hybridized carbons (Fsp3) is 0.148. The molecular formula is C27H19Cl2N3O6S. The van der Waals surface area contributed by atoms with Gasteiger partial charge in [-0.2, -0.15) is 0 Å². The van der Waals surface area contributed by atoms with E-state index in [0.29, 0.717) is 43.2 Å². The number of allylic oxidation sites excluding steroid dienone is 1. The molecule has 5 rings (SSSR count). The van der Waals surface area contributed by atoms with Crippen molar-refractivity contribution in [3.8, 4) is 11.3 Å². The molecule has 9 nitrogen and oxygen atoms in total. The Morgan fingerprint density at radius 3 is 2.72 bits per heavy atom. The van der Waals surface area contributed by atoms with Crippen LogP contribution in [-0.4, -0.2) is 22.1 Å². The molecule has 0 saturated heterocycles. The highest BCUT2D eigenvalue weighted by atomic mass is 35.5. The van der Waals surface area contributed by atoms with Gasteiger partial charge in [-0.15, -0.1) is 0 Å². The summed E-state index contributed by atoms with van der Waals surface area (Å²) in [5, 5.41) is 11.9. The van der Waals surface area contributed by atoms with E-state index in [1.165, 1.54) is 16.7 Å². The van der Waals surface area contributed by atoms with Crippen molar-refractivity contribution in [2.45, 2.75) is 19.9 Å². The molecule has 198 valence electrons. The van der Waals surface area contributed by atoms with Crippen LogP contribution < -0.4 is 14.9 Å². The zero-order valence-corrected chi connectivity index (χ0v) is 22.8. The molecule has 0 unspecified atom stereocenters. The molecule has 39 heavy (non-hydrogen) atoms. The quantitative estimate of drug-likeness (QED) is 0.173. The second-order valence-corrected chi connectivity index (χ2v) is 10.3. The molecule has 1 aliphatic heterocycles. The van der Waals surface area contributed by atoms with Crippen LogP contribution in [0.5, 0.6) is 0 Å². The number of hydrogen-bond donors (Lipinski definition) is 0. The predicted molar refractivity (Wildman–Crippen MR) is 148 cm³/mol. The van der Waals surface area contributed by atoms with E-state index >= 15 is 0 Å². The lowest BCUT2D eigenvalue weighted by Gasteiger charge is -2.22. The van der Waals surface area contributed by atoms with E-state index in [-0.39, 0.29) is 22.4 Å². The summed E-state index contributed by atoms with van der Waals surface area (Å²) < 4.78 is 13.1. The zero-order valence-electron chi connectivity index (χ0n) is 20.5. The van der Waals surface area contributed by atoms with Gasteiger partial charge in [-0.05, 0) is 55.8 Å². The average Bonchev–Trinajstić information content (AvgIpc) is 3.50. The summed E-state index contributed by atoms with van der Waals surface area (Å²) in [7, 11) is 0. The number of non-ortho nitro benzene ring substituents is 1. The molecule has 12 heteroatoms. The van der Waals surface area contributed by atoms with E-state index in [1.807, 2.05) is 0 Å². The van der Waals surface area contributed by atoms with Crippen LogP contribution in [0.15, 0.2) is 80.1 Å². The third-order valence-corrected chi connectivity index (χ3v) is 7.72.